The van der Waals surface area contributed by atoms with Crippen molar-refractivity contribution in [3.8, 4) is 0 Å². The van der Waals surface area contributed by atoms with E-state index in [1.165, 1.54) is 0 Å². The summed E-state index contributed by atoms with van der Waals surface area (Å²) in [6.07, 6.45) is 0.547. The number of nitrogens with zero attached hydrogens (tertiary/aromatic N) is 1. The molecular weight excluding hydrogens is 278 g/mol. The van der Waals surface area contributed by atoms with Crippen LogP contribution in [0.25, 0.3) is 0 Å². The molecular formula is C14H18ClN3O2. The van der Waals surface area contributed by atoms with E-state index in [1.807, 2.05) is 12.1 Å². The van der Waals surface area contributed by atoms with Crippen LogP contribution in [0.1, 0.15) is 20.3 Å². The van der Waals surface area contributed by atoms with E-state index in [0.717, 1.165) is 0 Å². The van der Waals surface area contributed by atoms with E-state index in [1.54, 1.807) is 30.9 Å². The Morgan fingerprint density at radius 3 is 2.70 bits per heavy atom. The van der Waals surface area contributed by atoms with E-state index in [0.29, 0.717) is 23.7 Å². The summed E-state index contributed by atoms with van der Waals surface area (Å²) >= 11 is 6.09. The lowest BCUT2D eigenvalue weighted by atomic mass is 10.1. The zero-order valence-corrected chi connectivity index (χ0v) is 12.3. The third-order valence-electron chi connectivity index (χ3n) is 3.24. The minimum atomic E-state index is -1.00. The highest BCUT2D eigenvalue weighted by molar-refractivity contribution is 6.34. The molecule has 2 amide bonds. The number of rotatable bonds is 3. The number of hydrogen-bond acceptors (Lipinski definition) is 3. The number of hydrogen-bond donors (Lipinski definition) is 2. The Morgan fingerprint density at radius 1 is 1.45 bits per heavy atom. The molecule has 1 saturated heterocycles. The summed E-state index contributed by atoms with van der Waals surface area (Å²) < 4.78 is 0. The van der Waals surface area contributed by atoms with Crippen molar-refractivity contribution in [1.82, 2.24) is 5.32 Å². The molecule has 0 bridgehead atoms. The zero-order chi connectivity index (χ0) is 14.9. The van der Waals surface area contributed by atoms with E-state index in [4.69, 9.17) is 17.3 Å². The van der Waals surface area contributed by atoms with Gasteiger partial charge < -0.3 is 16.0 Å². The first-order chi connectivity index (χ1) is 9.30. The lowest BCUT2D eigenvalue weighted by molar-refractivity contribution is -0.129. The van der Waals surface area contributed by atoms with Gasteiger partial charge in [-0.25, -0.2) is 0 Å². The van der Waals surface area contributed by atoms with Crippen molar-refractivity contribution in [3.63, 3.8) is 0 Å². The second-order valence-corrected chi connectivity index (χ2v) is 5.88. The third-order valence-corrected chi connectivity index (χ3v) is 3.56. The van der Waals surface area contributed by atoms with Gasteiger partial charge in [-0.05, 0) is 32.4 Å². The number of para-hydroxylation sites is 1. The molecule has 0 aliphatic carbocycles. The number of amides is 2. The molecule has 1 aliphatic rings. The van der Waals surface area contributed by atoms with Crippen molar-refractivity contribution < 1.29 is 9.59 Å². The average Bonchev–Trinajstić information content (AvgIpc) is 2.71. The Morgan fingerprint density at radius 2 is 2.10 bits per heavy atom. The summed E-state index contributed by atoms with van der Waals surface area (Å²) in [5, 5.41) is 3.21. The molecule has 3 N–H and O–H groups in total. The normalized spacial score (nSPS) is 19.3. The molecule has 0 spiro atoms. The van der Waals surface area contributed by atoms with Gasteiger partial charge in [-0.15, -0.1) is 0 Å². The number of nitrogens with one attached hydrogen (secondary N) is 1. The van der Waals surface area contributed by atoms with Crippen molar-refractivity contribution in [1.29, 1.82) is 0 Å². The Labute approximate surface area is 123 Å². The van der Waals surface area contributed by atoms with Gasteiger partial charge in [-0.3, -0.25) is 9.59 Å². The Hall–Kier alpha value is -1.59. The number of carbonyl (C=O) groups is 2. The van der Waals surface area contributed by atoms with Crippen LogP contribution in [0.15, 0.2) is 24.3 Å². The van der Waals surface area contributed by atoms with Crippen molar-refractivity contribution in [2.75, 3.05) is 11.4 Å². The summed E-state index contributed by atoms with van der Waals surface area (Å²) in [5.41, 5.74) is 5.38. The maximum absolute atomic E-state index is 12.3. The highest BCUT2D eigenvalue weighted by Crippen LogP contribution is 2.29. The highest BCUT2D eigenvalue weighted by atomic mass is 35.5. The molecule has 1 aromatic carbocycles. The number of benzene rings is 1. The van der Waals surface area contributed by atoms with Crippen LogP contribution >= 0.6 is 11.6 Å². The van der Waals surface area contributed by atoms with Crippen LogP contribution in [-0.2, 0) is 9.59 Å². The van der Waals surface area contributed by atoms with Crippen molar-refractivity contribution in [2.24, 2.45) is 5.73 Å². The van der Waals surface area contributed by atoms with Crippen LogP contribution in [0.3, 0.4) is 0 Å². The molecule has 2 rings (SSSR count). The fourth-order valence-electron chi connectivity index (χ4n) is 2.07. The van der Waals surface area contributed by atoms with Gasteiger partial charge in [-0.1, -0.05) is 23.7 Å². The second kappa shape index (κ2) is 5.42. The Bertz CT molecular complexity index is 539. The molecule has 6 heteroatoms. The molecule has 1 aromatic rings. The quantitative estimate of drug-likeness (QED) is 0.882. The number of nitrogens with two attached hydrogens (primary N) is 1. The van der Waals surface area contributed by atoms with Crippen molar-refractivity contribution >= 4 is 29.1 Å². The van der Waals surface area contributed by atoms with E-state index < -0.39 is 11.6 Å². The van der Waals surface area contributed by atoms with Crippen LogP contribution in [-0.4, -0.2) is 29.9 Å². The van der Waals surface area contributed by atoms with Crippen LogP contribution in [0.5, 0.6) is 0 Å². The maximum Gasteiger partial charge on any atom is 0.249 e. The average molecular weight is 296 g/mol. The van der Waals surface area contributed by atoms with Gasteiger partial charge in [-0.2, -0.15) is 0 Å². The number of carbonyl (C=O) groups excluding carboxylic acids is 2. The first-order valence-corrected chi connectivity index (χ1v) is 6.84. The molecule has 0 radical (unpaired) electrons. The fraction of sp³-hybridized carbons (Fsp3) is 0.429. The van der Waals surface area contributed by atoms with E-state index in [2.05, 4.69) is 5.32 Å². The Balaban J connectivity index is 2.11. The molecule has 1 unspecified atom stereocenters. The summed E-state index contributed by atoms with van der Waals surface area (Å²) in [7, 11) is 0. The lowest BCUT2D eigenvalue weighted by Crippen LogP contribution is -2.53. The molecule has 1 aliphatic heterocycles. The first-order valence-electron chi connectivity index (χ1n) is 6.46. The number of anilines is 1. The third kappa shape index (κ3) is 2.94. The molecule has 1 fully saturated rings. The van der Waals surface area contributed by atoms with Gasteiger partial charge in [0.05, 0.1) is 16.2 Å². The monoisotopic (exact) mass is 295 g/mol. The summed E-state index contributed by atoms with van der Waals surface area (Å²) in [6.45, 7) is 3.74. The maximum atomic E-state index is 12.3. The van der Waals surface area contributed by atoms with Crippen LogP contribution < -0.4 is 16.0 Å². The second-order valence-electron chi connectivity index (χ2n) is 5.48. The molecule has 5 nitrogen and oxygen atoms in total. The van der Waals surface area contributed by atoms with E-state index in [-0.39, 0.29) is 11.8 Å². The predicted molar refractivity (Wildman–Crippen MR) is 78.6 cm³/mol. The molecule has 1 atom stereocenters. The van der Waals surface area contributed by atoms with Gasteiger partial charge in [0.2, 0.25) is 11.8 Å². The van der Waals surface area contributed by atoms with E-state index >= 15 is 0 Å². The molecule has 0 saturated carbocycles. The van der Waals surface area contributed by atoms with E-state index in [9.17, 15) is 9.59 Å². The predicted octanol–water partition coefficient (Wildman–Crippen LogP) is 1.30. The largest absolute Gasteiger partial charge is 0.343 e. The smallest absolute Gasteiger partial charge is 0.249 e. The van der Waals surface area contributed by atoms with Gasteiger partial charge in [0.25, 0.3) is 0 Å². The van der Waals surface area contributed by atoms with Crippen LogP contribution in [0, 0.1) is 0 Å². The minimum absolute atomic E-state index is 0.157. The molecule has 20 heavy (non-hydrogen) atoms. The Kier molecular flexibility index (Phi) is 4.01. The lowest BCUT2D eigenvalue weighted by Gasteiger charge is -2.22. The van der Waals surface area contributed by atoms with Crippen molar-refractivity contribution in [3.05, 3.63) is 29.3 Å². The fourth-order valence-corrected chi connectivity index (χ4v) is 2.31. The van der Waals surface area contributed by atoms with Crippen LogP contribution in [0.2, 0.25) is 5.02 Å². The van der Waals surface area contributed by atoms with Crippen LogP contribution in [0.4, 0.5) is 5.69 Å². The summed E-state index contributed by atoms with van der Waals surface area (Å²) in [4.78, 5) is 25.8. The molecule has 1 heterocycles. The van der Waals surface area contributed by atoms with Gasteiger partial charge >= 0.3 is 0 Å². The summed E-state index contributed by atoms with van der Waals surface area (Å²) in [5.74, 6) is -0.493. The zero-order valence-electron chi connectivity index (χ0n) is 11.5. The first kappa shape index (κ1) is 14.8. The van der Waals surface area contributed by atoms with Gasteiger partial charge in [0.15, 0.2) is 0 Å². The molecule has 108 valence electrons. The van der Waals surface area contributed by atoms with Gasteiger partial charge in [0, 0.05) is 6.54 Å². The van der Waals surface area contributed by atoms with Gasteiger partial charge in [0.1, 0.15) is 6.04 Å². The molecule has 0 aromatic heterocycles. The van der Waals surface area contributed by atoms with Crippen molar-refractivity contribution in [2.45, 2.75) is 31.8 Å². The standard InChI is InChI=1S/C14H18ClN3O2/c1-14(2,16)13(20)17-10-7-8-18(12(10)19)11-6-4-3-5-9(11)15/h3-6,10H,7-8,16H2,1-2H3,(H,17,20). The minimum Gasteiger partial charge on any atom is -0.343 e. The SMILES string of the molecule is CC(C)(N)C(=O)NC1CCN(c2ccccc2Cl)C1=O. The summed E-state index contributed by atoms with van der Waals surface area (Å²) in [6, 6.07) is 6.61. The number of halogens is 1. The topological polar surface area (TPSA) is 75.4 Å². The highest BCUT2D eigenvalue weighted by Gasteiger charge is 2.36.